The van der Waals surface area contributed by atoms with Crippen molar-refractivity contribution >= 4 is 22.6 Å². The van der Waals surface area contributed by atoms with E-state index in [9.17, 15) is 9.59 Å². The van der Waals surface area contributed by atoms with Crippen LogP contribution in [0.1, 0.15) is 20.7 Å². The highest BCUT2D eigenvalue weighted by Crippen LogP contribution is 2.27. The first-order valence-corrected chi connectivity index (χ1v) is 5.25. The van der Waals surface area contributed by atoms with Gasteiger partial charge in [-0.2, -0.15) is 0 Å². The molecule has 0 spiro atoms. The summed E-state index contributed by atoms with van der Waals surface area (Å²) in [5.74, 6) is -0.600. The maximum absolute atomic E-state index is 11.9. The van der Waals surface area contributed by atoms with Gasteiger partial charge in [0.15, 0.2) is 0 Å². The van der Waals surface area contributed by atoms with E-state index in [1.807, 2.05) is 24.3 Å². The number of carbonyl (C=O) groups excluding carboxylic acids is 2. The monoisotopic (exact) mass is 223 g/mol. The highest BCUT2D eigenvalue weighted by molar-refractivity contribution is 6.23. The SMILES string of the molecule is C=CN1C(=O)c2cc3ccccc3cc2C1=O. The summed E-state index contributed by atoms with van der Waals surface area (Å²) in [5, 5.41) is 1.91. The van der Waals surface area contributed by atoms with E-state index in [0.717, 1.165) is 15.7 Å². The zero-order valence-electron chi connectivity index (χ0n) is 9.01. The fourth-order valence-corrected chi connectivity index (χ4v) is 2.11. The van der Waals surface area contributed by atoms with Gasteiger partial charge in [0.1, 0.15) is 0 Å². The number of benzene rings is 2. The van der Waals surface area contributed by atoms with Crippen LogP contribution in [0.4, 0.5) is 0 Å². The van der Waals surface area contributed by atoms with Gasteiger partial charge >= 0.3 is 0 Å². The molecule has 0 saturated carbocycles. The first-order valence-electron chi connectivity index (χ1n) is 5.25. The molecule has 0 radical (unpaired) electrons. The number of nitrogens with zero attached hydrogens (tertiary/aromatic N) is 1. The van der Waals surface area contributed by atoms with Gasteiger partial charge in [0.2, 0.25) is 0 Å². The summed E-state index contributed by atoms with van der Waals surface area (Å²) >= 11 is 0. The molecule has 0 fully saturated rings. The summed E-state index contributed by atoms with van der Waals surface area (Å²) in [7, 11) is 0. The van der Waals surface area contributed by atoms with E-state index in [1.165, 1.54) is 6.20 Å². The lowest BCUT2D eigenvalue weighted by Gasteiger charge is -2.04. The molecule has 0 aromatic heterocycles. The number of imide groups is 1. The van der Waals surface area contributed by atoms with E-state index in [-0.39, 0.29) is 11.8 Å². The molecule has 0 aliphatic carbocycles. The number of hydrogen-bond donors (Lipinski definition) is 0. The van der Waals surface area contributed by atoms with E-state index in [2.05, 4.69) is 6.58 Å². The Morgan fingerprint density at radius 2 is 1.41 bits per heavy atom. The summed E-state index contributed by atoms with van der Waals surface area (Å²) in [4.78, 5) is 24.9. The normalized spacial score (nSPS) is 14.2. The Labute approximate surface area is 98.0 Å². The number of carbonyl (C=O) groups is 2. The van der Waals surface area contributed by atoms with Gasteiger partial charge in [-0.1, -0.05) is 30.8 Å². The summed E-state index contributed by atoms with van der Waals surface area (Å²) in [6, 6.07) is 11.2. The minimum absolute atomic E-state index is 0.300. The predicted octanol–water partition coefficient (Wildman–Crippen LogP) is 2.58. The Morgan fingerprint density at radius 3 is 1.82 bits per heavy atom. The molecule has 0 atom stereocenters. The van der Waals surface area contributed by atoms with E-state index >= 15 is 0 Å². The molecule has 0 bridgehead atoms. The second-order valence-corrected chi connectivity index (χ2v) is 3.91. The Bertz CT molecular complexity index is 618. The molecule has 3 nitrogen and oxygen atoms in total. The lowest BCUT2D eigenvalue weighted by atomic mass is 10.0. The first kappa shape index (κ1) is 9.78. The van der Waals surface area contributed by atoms with Crippen molar-refractivity contribution in [2.24, 2.45) is 0 Å². The molecule has 2 aromatic rings. The third-order valence-electron chi connectivity index (χ3n) is 2.97. The molecule has 1 heterocycles. The number of hydrogen-bond acceptors (Lipinski definition) is 2. The molecule has 0 unspecified atom stereocenters. The van der Waals surface area contributed by atoms with Crippen LogP contribution in [0.2, 0.25) is 0 Å². The molecule has 17 heavy (non-hydrogen) atoms. The molecule has 3 rings (SSSR count). The minimum atomic E-state index is -0.300. The summed E-state index contributed by atoms with van der Waals surface area (Å²) in [6.45, 7) is 3.48. The second kappa shape index (κ2) is 3.28. The van der Waals surface area contributed by atoms with E-state index in [4.69, 9.17) is 0 Å². The molecular formula is C14H9NO2. The average molecular weight is 223 g/mol. The van der Waals surface area contributed by atoms with Crippen molar-refractivity contribution in [3.63, 3.8) is 0 Å². The molecule has 2 aromatic carbocycles. The lowest BCUT2D eigenvalue weighted by Crippen LogP contribution is -2.22. The van der Waals surface area contributed by atoms with Crippen LogP contribution < -0.4 is 0 Å². The Hall–Kier alpha value is -2.42. The fraction of sp³-hybridized carbons (Fsp3) is 0. The fourth-order valence-electron chi connectivity index (χ4n) is 2.11. The van der Waals surface area contributed by atoms with Crippen LogP contribution in [-0.4, -0.2) is 16.7 Å². The quantitative estimate of drug-likeness (QED) is 0.697. The third-order valence-corrected chi connectivity index (χ3v) is 2.97. The molecule has 1 aliphatic rings. The van der Waals surface area contributed by atoms with E-state index < -0.39 is 0 Å². The van der Waals surface area contributed by atoms with Crippen LogP contribution in [-0.2, 0) is 0 Å². The highest BCUT2D eigenvalue weighted by Gasteiger charge is 2.33. The topological polar surface area (TPSA) is 37.4 Å². The average Bonchev–Trinajstić information content (AvgIpc) is 2.59. The van der Waals surface area contributed by atoms with Crippen molar-refractivity contribution < 1.29 is 9.59 Å². The highest BCUT2D eigenvalue weighted by atomic mass is 16.2. The van der Waals surface area contributed by atoms with Crippen molar-refractivity contribution in [2.45, 2.75) is 0 Å². The molecule has 0 N–H and O–H groups in total. The lowest BCUT2D eigenvalue weighted by molar-refractivity contribution is 0.0722. The first-order chi connectivity index (χ1) is 8.22. The van der Waals surface area contributed by atoms with Gasteiger partial charge in [-0.3, -0.25) is 9.59 Å². The Kier molecular flexibility index (Phi) is 1.89. The van der Waals surface area contributed by atoms with Crippen LogP contribution in [0.25, 0.3) is 10.8 Å². The Balaban J connectivity index is 2.33. The molecule has 2 amide bonds. The summed E-state index contributed by atoms with van der Waals surface area (Å²) in [6.07, 6.45) is 1.26. The van der Waals surface area contributed by atoms with Crippen LogP contribution in [0.15, 0.2) is 49.2 Å². The van der Waals surface area contributed by atoms with Gasteiger partial charge in [-0.05, 0) is 22.9 Å². The number of rotatable bonds is 1. The van der Waals surface area contributed by atoms with Crippen molar-refractivity contribution in [1.29, 1.82) is 0 Å². The molecule has 0 saturated heterocycles. The maximum Gasteiger partial charge on any atom is 0.265 e. The van der Waals surface area contributed by atoms with Crippen molar-refractivity contribution in [1.82, 2.24) is 4.90 Å². The maximum atomic E-state index is 11.9. The molecule has 82 valence electrons. The number of fused-ring (bicyclic) bond motifs is 2. The van der Waals surface area contributed by atoms with Crippen molar-refractivity contribution in [3.8, 4) is 0 Å². The van der Waals surface area contributed by atoms with Gasteiger partial charge in [0.05, 0.1) is 11.1 Å². The van der Waals surface area contributed by atoms with Gasteiger partial charge in [0.25, 0.3) is 11.8 Å². The zero-order chi connectivity index (χ0) is 12.0. The van der Waals surface area contributed by atoms with Gasteiger partial charge in [0, 0.05) is 6.20 Å². The smallest absolute Gasteiger partial charge is 0.265 e. The second-order valence-electron chi connectivity index (χ2n) is 3.91. The summed E-state index contributed by atoms with van der Waals surface area (Å²) < 4.78 is 0. The van der Waals surface area contributed by atoms with E-state index in [0.29, 0.717) is 11.1 Å². The minimum Gasteiger partial charge on any atom is -0.268 e. The van der Waals surface area contributed by atoms with Gasteiger partial charge in [-0.15, -0.1) is 0 Å². The van der Waals surface area contributed by atoms with E-state index in [1.54, 1.807) is 12.1 Å². The van der Waals surface area contributed by atoms with Crippen molar-refractivity contribution in [3.05, 3.63) is 60.3 Å². The zero-order valence-corrected chi connectivity index (χ0v) is 9.01. The third kappa shape index (κ3) is 1.22. The van der Waals surface area contributed by atoms with Gasteiger partial charge in [-0.25, -0.2) is 4.90 Å². The molecule has 3 heteroatoms. The Morgan fingerprint density at radius 1 is 0.941 bits per heavy atom. The molecular weight excluding hydrogens is 214 g/mol. The standard InChI is InChI=1S/C14H9NO2/c1-2-15-13(16)11-7-9-5-3-4-6-10(9)8-12(11)14(15)17/h2-8H,1H2. The van der Waals surface area contributed by atoms with Gasteiger partial charge < -0.3 is 0 Å². The summed E-state index contributed by atoms with van der Waals surface area (Å²) in [5.41, 5.74) is 0.905. The largest absolute Gasteiger partial charge is 0.268 e. The predicted molar refractivity (Wildman–Crippen MR) is 64.6 cm³/mol. The van der Waals surface area contributed by atoms with Crippen LogP contribution >= 0.6 is 0 Å². The van der Waals surface area contributed by atoms with Crippen LogP contribution in [0.5, 0.6) is 0 Å². The molecule has 1 aliphatic heterocycles. The number of amides is 2. The van der Waals surface area contributed by atoms with Crippen LogP contribution in [0, 0.1) is 0 Å². The van der Waals surface area contributed by atoms with Crippen molar-refractivity contribution in [2.75, 3.05) is 0 Å². The van der Waals surface area contributed by atoms with Crippen LogP contribution in [0.3, 0.4) is 0 Å².